The smallest absolute Gasteiger partial charge is 0.415 e. The number of hydrogen-bond donors (Lipinski definition) is 0. The van der Waals surface area contributed by atoms with E-state index in [9.17, 15) is 19.2 Å². The molecule has 3 aliphatic rings. The Labute approximate surface area is 239 Å². The van der Waals surface area contributed by atoms with Crippen LogP contribution in [-0.2, 0) is 16.0 Å². The third-order valence-electron chi connectivity index (χ3n) is 7.75. The van der Waals surface area contributed by atoms with Gasteiger partial charge in [-0.1, -0.05) is 23.7 Å². The number of carbonyl (C=O) groups excluding carboxylic acids is 2. The molecule has 3 heterocycles. The minimum atomic E-state index is -0.933. The van der Waals surface area contributed by atoms with Crippen molar-refractivity contribution < 1.29 is 23.5 Å². The molecule has 40 heavy (non-hydrogen) atoms. The zero-order valence-electron chi connectivity index (χ0n) is 23.1. The van der Waals surface area contributed by atoms with E-state index in [1.165, 1.54) is 17.0 Å². The zero-order chi connectivity index (χ0) is 28.7. The van der Waals surface area contributed by atoms with Gasteiger partial charge in [-0.3, -0.25) is 9.69 Å². The summed E-state index contributed by atoms with van der Waals surface area (Å²) in [4.78, 5) is 32.2. The number of benzene rings is 2. The number of ether oxygens (including phenoxy) is 2. The van der Waals surface area contributed by atoms with Crippen molar-refractivity contribution in [3.05, 3.63) is 52.8 Å². The largest absolute Gasteiger partial charge is 0.476 e. The molecule has 5 rings (SSSR count). The molecule has 1 atom stereocenters. The van der Waals surface area contributed by atoms with Gasteiger partial charge in [0.1, 0.15) is 17.2 Å². The average molecular weight is 569 g/mol. The van der Waals surface area contributed by atoms with Crippen molar-refractivity contribution in [2.75, 3.05) is 42.5 Å². The Morgan fingerprint density at radius 1 is 1.12 bits per heavy atom. The van der Waals surface area contributed by atoms with Crippen molar-refractivity contribution in [2.24, 2.45) is 5.41 Å². The van der Waals surface area contributed by atoms with Crippen molar-refractivity contribution in [2.45, 2.75) is 58.2 Å². The molecule has 8 nitrogen and oxygen atoms in total. The Hall–Kier alpha value is -3.51. The maximum absolute atomic E-state index is 13.7. The lowest BCUT2D eigenvalue weighted by molar-refractivity contribution is -0.140. The lowest BCUT2D eigenvalue weighted by Crippen LogP contribution is -2.54. The van der Waals surface area contributed by atoms with Crippen molar-refractivity contribution in [1.29, 1.82) is 5.26 Å². The number of amides is 2. The van der Waals surface area contributed by atoms with Crippen LogP contribution in [0.25, 0.3) is 0 Å². The fraction of sp³-hybridized carbons (Fsp3) is 0.500. The Morgan fingerprint density at radius 3 is 2.38 bits per heavy atom. The second-order valence-electron chi connectivity index (χ2n) is 11.8. The van der Waals surface area contributed by atoms with Gasteiger partial charge in [0.25, 0.3) is 5.91 Å². The van der Waals surface area contributed by atoms with Gasteiger partial charge in [-0.25, -0.2) is 9.18 Å². The van der Waals surface area contributed by atoms with Crippen molar-refractivity contribution in [1.82, 2.24) is 4.90 Å². The van der Waals surface area contributed by atoms with Crippen LogP contribution in [0.5, 0.6) is 5.75 Å². The van der Waals surface area contributed by atoms with E-state index in [2.05, 4.69) is 11.0 Å². The van der Waals surface area contributed by atoms with Crippen molar-refractivity contribution in [3.8, 4) is 11.8 Å². The molecular weight excluding hydrogens is 535 g/mol. The van der Waals surface area contributed by atoms with E-state index < -0.39 is 23.2 Å². The topological polar surface area (TPSA) is 86.1 Å². The van der Waals surface area contributed by atoms with Crippen LogP contribution in [0.1, 0.15) is 45.6 Å². The SMILES string of the molecule is CC(C)(C)OC(=O)N1CC(C(=O)N2CCC(C#N)(Cc3ccc(F)cc3)CC2)Oc2cc(N3CCC3)c(Cl)cc21. The standard InChI is InChI=1S/C30H34ClFN4O4/c1-29(2,3)40-28(38)36-18-26(39-25-16-23(34-11-4-12-34)22(31)15-24(25)36)27(37)35-13-9-30(19-33,10-14-35)17-20-5-7-21(32)8-6-20/h5-8,15-16,26H,4,9-14,17-18H2,1-3H3. The minimum Gasteiger partial charge on any atom is -0.476 e. The molecule has 0 spiro atoms. The Kier molecular flexibility index (Phi) is 7.58. The van der Waals surface area contributed by atoms with E-state index in [0.29, 0.717) is 48.8 Å². The number of anilines is 2. The summed E-state index contributed by atoms with van der Waals surface area (Å²) < 4.78 is 25.2. The van der Waals surface area contributed by atoms with Crippen LogP contribution in [0.3, 0.4) is 0 Å². The van der Waals surface area contributed by atoms with E-state index in [1.807, 2.05) is 0 Å². The van der Waals surface area contributed by atoms with Crippen LogP contribution < -0.4 is 14.5 Å². The molecule has 0 saturated carbocycles. The van der Waals surface area contributed by atoms with Gasteiger partial charge in [0.05, 0.1) is 34.4 Å². The zero-order valence-corrected chi connectivity index (χ0v) is 23.8. The molecule has 2 fully saturated rings. The van der Waals surface area contributed by atoms with Crippen molar-refractivity contribution in [3.63, 3.8) is 0 Å². The fourth-order valence-electron chi connectivity index (χ4n) is 5.39. The lowest BCUT2D eigenvalue weighted by Gasteiger charge is -2.41. The number of nitrogens with zero attached hydrogens (tertiary/aromatic N) is 4. The Morgan fingerprint density at radius 2 is 1.80 bits per heavy atom. The molecular formula is C30H34ClFN4O4. The molecule has 3 aliphatic heterocycles. The van der Waals surface area contributed by atoms with Crippen LogP contribution in [0.15, 0.2) is 36.4 Å². The fourth-order valence-corrected chi connectivity index (χ4v) is 5.67. The molecule has 2 aromatic carbocycles. The first-order valence-electron chi connectivity index (χ1n) is 13.7. The number of rotatable bonds is 4. The highest BCUT2D eigenvalue weighted by atomic mass is 35.5. The Balaban J connectivity index is 1.34. The highest BCUT2D eigenvalue weighted by molar-refractivity contribution is 6.33. The summed E-state index contributed by atoms with van der Waals surface area (Å²) in [5.41, 5.74) is 0.796. The van der Waals surface area contributed by atoms with Crippen LogP contribution in [0, 0.1) is 22.6 Å². The van der Waals surface area contributed by atoms with Gasteiger partial charge in [0.15, 0.2) is 6.10 Å². The van der Waals surface area contributed by atoms with Gasteiger partial charge in [-0.05, 0) is 70.2 Å². The summed E-state index contributed by atoms with van der Waals surface area (Å²) in [6, 6.07) is 12.2. The molecule has 2 aromatic rings. The Bertz CT molecular complexity index is 1320. The number of piperidine rings is 1. The van der Waals surface area contributed by atoms with Crippen LogP contribution in [-0.4, -0.2) is 61.3 Å². The molecule has 0 radical (unpaired) electrons. The molecule has 10 heteroatoms. The summed E-state index contributed by atoms with van der Waals surface area (Å²) in [5.74, 6) is -0.154. The van der Waals surface area contributed by atoms with Crippen LogP contribution >= 0.6 is 11.6 Å². The molecule has 1 unspecified atom stereocenters. The predicted molar refractivity (Wildman–Crippen MR) is 150 cm³/mol. The summed E-state index contributed by atoms with van der Waals surface area (Å²) in [5, 5.41) is 10.5. The number of nitriles is 1. The third-order valence-corrected chi connectivity index (χ3v) is 8.05. The first-order valence-corrected chi connectivity index (χ1v) is 14.0. The van der Waals surface area contributed by atoms with Gasteiger partial charge < -0.3 is 19.3 Å². The molecule has 0 aliphatic carbocycles. The predicted octanol–water partition coefficient (Wildman–Crippen LogP) is 5.57. The van der Waals surface area contributed by atoms with Crippen molar-refractivity contribution >= 4 is 35.0 Å². The van der Waals surface area contributed by atoms with Gasteiger partial charge in [0, 0.05) is 32.2 Å². The number of hydrogen-bond acceptors (Lipinski definition) is 6. The number of likely N-dealkylation sites (tertiary alicyclic amines) is 1. The lowest BCUT2D eigenvalue weighted by atomic mass is 9.75. The highest BCUT2D eigenvalue weighted by Gasteiger charge is 2.42. The first kappa shape index (κ1) is 28.0. The van der Waals surface area contributed by atoms with Crippen LogP contribution in [0.4, 0.5) is 20.6 Å². The van der Waals surface area contributed by atoms with Gasteiger partial charge in [0.2, 0.25) is 0 Å². The van der Waals surface area contributed by atoms with E-state index in [-0.39, 0.29) is 18.3 Å². The van der Waals surface area contributed by atoms with E-state index >= 15 is 0 Å². The monoisotopic (exact) mass is 568 g/mol. The summed E-state index contributed by atoms with van der Waals surface area (Å²) >= 11 is 6.60. The molecule has 2 amide bonds. The van der Waals surface area contributed by atoms with E-state index in [0.717, 1.165) is 30.8 Å². The summed E-state index contributed by atoms with van der Waals surface area (Å²) in [6.07, 6.45) is 1.02. The van der Waals surface area contributed by atoms with E-state index in [1.54, 1.807) is 49.9 Å². The number of halogens is 2. The molecule has 212 valence electrons. The molecule has 0 bridgehead atoms. The quantitative estimate of drug-likeness (QED) is 0.479. The summed E-state index contributed by atoms with van der Waals surface area (Å²) in [7, 11) is 0. The highest BCUT2D eigenvalue weighted by Crippen LogP contribution is 2.43. The minimum absolute atomic E-state index is 0.0182. The summed E-state index contributed by atoms with van der Waals surface area (Å²) in [6.45, 7) is 7.86. The van der Waals surface area contributed by atoms with Gasteiger partial charge in [-0.15, -0.1) is 0 Å². The molecule has 2 saturated heterocycles. The maximum atomic E-state index is 13.7. The molecule has 0 N–H and O–H groups in total. The molecule has 0 aromatic heterocycles. The maximum Gasteiger partial charge on any atom is 0.415 e. The first-order chi connectivity index (χ1) is 19.0. The average Bonchev–Trinajstić information content (AvgIpc) is 2.88. The number of carbonyl (C=O) groups is 2. The van der Waals surface area contributed by atoms with E-state index in [4.69, 9.17) is 21.1 Å². The van der Waals surface area contributed by atoms with Crippen LogP contribution in [0.2, 0.25) is 5.02 Å². The van der Waals surface area contributed by atoms with Gasteiger partial charge >= 0.3 is 6.09 Å². The second-order valence-corrected chi connectivity index (χ2v) is 12.2. The second kappa shape index (κ2) is 10.8. The normalized spacial score (nSPS) is 20.1. The third kappa shape index (κ3) is 5.83. The van der Waals surface area contributed by atoms with Gasteiger partial charge in [-0.2, -0.15) is 5.26 Å². The number of fused-ring (bicyclic) bond motifs is 1.